The van der Waals surface area contributed by atoms with Crippen LogP contribution in [0.1, 0.15) is 93.4 Å². The highest BCUT2D eigenvalue weighted by molar-refractivity contribution is 4.98. The van der Waals surface area contributed by atoms with Crippen molar-refractivity contribution in [3.05, 3.63) is 0 Å². The van der Waals surface area contributed by atoms with E-state index in [0.717, 1.165) is 5.92 Å². The molecule has 8 N–H and O–H groups in total. The lowest BCUT2D eigenvalue weighted by atomic mass is 9.50. The molecule has 4 heteroatoms. The van der Waals surface area contributed by atoms with Crippen LogP contribution in [0.2, 0.25) is 0 Å². The van der Waals surface area contributed by atoms with E-state index in [9.17, 15) is 0 Å². The Balaban J connectivity index is -0.000000213. The molecule has 0 aromatic rings. The molecular formula is C17H44Br2N2. The third kappa shape index (κ3) is 6.12. The standard InChI is InChI=1S/C17H36.2BrH.2H3N/c1-8-15(9-2)17(13-6,14-7)16(10-3,11-4)12-5;;;;/h15H,8-14H2,1-7H3;2*1H;2*1H3. The van der Waals surface area contributed by atoms with Crippen LogP contribution < -0.4 is 46.3 Å². The maximum absolute atomic E-state index is 2.43. The van der Waals surface area contributed by atoms with Crippen LogP contribution in [0.5, 0.6) is 0 Å². The monoisotopic (exact) mass is 434 g/mol. The van der Waals surface area contributed by atoms with Crippen LogP contribution in [0, 0.1) is 16.7 Å². The first kappa shape index (κ1) is 33.5. The predicted octanol–water partition coefficient (Wildman–Crippen LogP) is 1.21. The predicted molar refractivity (Wildman–Crippen MR) is 92.4 cm³/mol. The van der Waals surface area contributed by atoms with E-state index in [2.05, 4.69) is 48.5 Å². The minimum absolute atomic E-state index is 0. The van der Waals surface area contributed by atoms with Gasteiger partial charge in [-0.15, -0.1) is 0 Å². The molecule has 0 unspecified atom stereocenters. The molecule has 0 aromatic carbocycles. The maximum Gasteiger partial charge on any atom is -0.0218 e. The van der Waals surface area contributed by atoms with Crippen molar-refractivity contribution in [3.8, 4) is 0 Å². The van der Waals surface area contributed by atoms with Crippen LogP contribution in [0.4, 0.5) is 0 Å². The van der Waals surface area contributed by atoms with Crippen LogP contribution in [-0.4, -0.2) is 0 Å². The van der Waals surface area contributed by atoms with E-state index in [1.165, 1.54) is 44.9 Å². The molecule has 2 nitrogen and oxygen atoms in total. The van der Waals surface area contributed by atoms with E-state index in [1.807, 2.05) is 0 Å². The molecule has 0 aliphatic carbocycles. The molecule has 21 heavy (non-hydrogen) atoms. The fourth-order valence-corrected chi connectivity index (χ4v) is 4.89. The van der Waals surface area contributed by atoms with Gasteiger partial charge in [0.2, 0.25) is 0 Å². The van der Waals surface area contributed by atoms with Crippen molar-refractivity contribution in [2.45, 2.75) is 93.4 Å². The second kappa shape index (κ2) is 15.8. The van der Waals surface area contributed by atoms with Crippen LogP contribution in [0.3, 0.4) is 0 Å². The Morgan fingerprint density at radius 3 is 1.00 bits per heavy atom. The molecule has 0 radical (unpaired) electrons. The summed E-state index contributed by atoms with van der Waals surface area (Å²) in [5.41, 5.74) is 1.13. The summed E-state index contributed by atoms with van der Waals surface area (Å²) in [5, 5.41) is 0. The van der Waals surface area contributed by atoms with Gasteiger partial charge < -0.3 is 46.3 Å². The van der Waals surface area contributed by atoms with Gasteiger partial charge in [-0.25, -0.2) is 0 Å². The minimum atomic E-state index is 0. The van der Waals surface area contributed by atoms with Gasteiger partial charge >= 0.3 is 0 Å². The van der Waals surface area contributed by atoms with Crippen molar-refractivity contribution in [1.29, 1.82) is 0 Å². The maximum atomic E-state index is 2.43. The smallest absolute Gasteiger partial charge is 0.0218 e. The summed E-state index contributed by atoms with van der Waals surface area (Å²) in [6.45, 7) is 16.9. The molecule has 0 saturated carbocycles. The fourth-order valence-electron chi connectivity index (χ4n) is 4.89. The Hall–Kier alpha value is 0.880. The lowest BCUT2D eigenvalue weighted by molar-refractivity contribution is -0.0478. The zero-order valence-electron chi connectivity index (χ0n) is 16.3. The van der Waals surface area contributed by atoms with Crippen molar-refractivity contribution < 1.29 is 34.0 Å². The lowest BCUT2D eigenvalue weighted by Crippen LogP contribution is -3.00. The molecule has 136 valence electrons. The third-order valence-corrected chi connectivity index (χ3v) is 6.12. The van der Waals surface area contributed by atoms with Crippen LogP contribution in [0.25, 0.3) is 0 Å². The first-order valence-electron chi connectivity index (χ1n) is 8.07. The number of hydrogen-bond acceptors (Lipinski definition) is 0. The number of hydrogen-bond donors (Lipinski definition) is 2. The highest BCUT2D eigenvalue weighted by Gasteiger charge is 2.48. The Morgan fingerprint density at radius 2 is 0.857 bits per heavy atom. The lowest BCUT2D eigenvalue weighted by Gasteiger charge is -2.54. The number of halogens is 2. The molecule has 0 fully saturated rings. The van der Waals surface area contributed by atoms with E-state index in [1.54, 1.807) is 0 Å². The number of rotatable bonds is 9. The fraction of sp³-hybridized carbons (Fsp3) is 1.00. The topological polar surface area (TPSA) is 73.0 Å². The molecule has 0 spiro atoms. The van der Waals surface area contributed by atoms with Gasteiger partial charge in [0.15, 0.2) is 0 Å². The summed E-state index contributed by atoms with van der Waals surface area (Å²) in [7, 11) is 0. The summed E-state index contributed by atoms with van der Waals surface area (Å²) < 4.78 is 0. The minimum Gasteiger partial charge on any atom is -1.00 e. The third-order valence-electron chi connectivity index (χ3n) is 6.12. The van der Waals surface area contributed by atoms with Gasteiger partial charge in [0.1, 0.15) is 0 Å². The van der Waals surface area contributed by atoms with Gasteiger partial charge in [-0.2, -0.15) is 0 Å². The highest BCUT2D eigenvalue weighted by Crippen LogP contribution is 2.57. The average molecular weight is 436 g/mol. The van der Waals surface area contributed by atoms with E-state index in [-0.39, 0.29) is 46.3 Å². The van der Waals surface area contributed by atoms with Crippen LogP contribution in [-0.2, 0) is 0 Å². The normalized spacial score (nSPS) is 10.9. The molecule has 0 aliphatic rings. The quantitative estimate of drug-likeness (QED) is 0.546. The summed E-state index contributed by atoms with van der Waals surface area (Å²) in [4.78, 5) is 0. The van der Waals surface area contributed by atoms with Crippen molar-refractivity contribution in [2.24, 2.45) is 16.7 Å². The zero-order chi connectivity index (χ0) is 13.5. The van der Waals surface area contributed by atoms with Crippen molar-refractivity contribution in [3.63, 3.8) is 0 Å². The van der Waals surface area contributed by atoms with Gasteiger partial charge in [-0.1, -0.05) is 61.3 Å². The van der Waals surface area contributed by atoms with Gasteiger partial charge in [0.05, 0.1) is 0 Å². The van der Waals surface area contributed by atoms with E-state index in [0.29, 0.717) is 10.8 Å². The van der Waals surface area contributed by atoms with Crippen molar-refractivity contribution >= 4 is 0 Å². The summed E-state index contributed by atoms with van der Waals surface area (Å²) >= 11 is 0. The Morgan fingerprint density at radius 1 is 0.571 bits per heavy atom. The molecule has 0 aromatic heterocycles. The zero-order valence-corrected chi connectivity index (χ0v) is 19.5. The largest absolute Gasteiger partial charge is 1.00 e. The molecule has 0 aliphatic heterocycles. The average Bonchev–Trinajstić information content (AvgIpc) is 2.40. The second-order valence-electron chi connectivity index (χ2n) is 5.72. The van der Waals surface area contributed by atoms with E-state index < -0.39 is 0 Å². The Kier molecular flexibility index (Phi) is 25.1. The van der Waals surface area contributed by atoms with Gasteiger partial charge in [0.25, 0.3) is 0 Å². The first-order valence-corrected chi connectivity index (χ1v) is 8.07. The van der Waals surface area contributed by atoms with E-state index in [4.69, 9.17) is 0 Å². The van der Waals surface area contributed by atoms with E-state index >= 15 is 0 Å². The van der Waals surface area contributed by atoms with Gasteiger partial charge in [-0.05, 0) is 48.9 Å². The molecule has 0 atom stereocenters. The van der Waals surface area contributed by atoms with Crippen molar-refractivity contribution in [2.75, 3.05) is 0 Å². The van der Waals surface area contributed by atoms with Gasteiger partial charge in [-0.3, -0.25) is 0 Å². The molecule has 0 heterocycles. The second-order valence-corrected chi connectivity index (χ2v) is 5.72. The first-order chi connectivity index (χ1) is 8.07. The van der Waals surface area contributed by atoms with Crippen LogP contribution in [0.15, 0.2) is 0 Å². The van der Waals surface area contributed by atoms with Crippen molar-refractivity contribution in [1.82, 2.24) is 12.3 Å². The highest BCUT2D eigenvalue weighted by atomic mass is 79.9. The SMILES string of the molecule is CCC(CC)C(CC)(CC)C(CC)(CC)CC.[Br-].[Br-].[NH4+].[NH4+]. The summed E-state index contributed by atoms with van der Waals surface area (Å²) in [6.07, 6.45) is 9.44. The molecular weight excluding hydrogens is 392 g/mol. The molecule has 0 amide bonds. The molecule has 0 rings (SSSR count). The number of quaternary nitrogens is 2. The summed E-state index contributed by atoms with van der Waals surface area (Å²) in [5.74, 6) is 0.900. The molecule has 0 bridgehead atoms. The molecule has 0 saturated heterocycles. The Labute approximate surface area is 156 Å². The van der Waals surface area contributed by atoms with Crippen LogP contribution >= 0.6 is 0 Å². The Bertz CT molecular complexity index is 191. The van der Waals surface area contributed by atoms with Gasteiger partial charge in [0, 0.05) is 0 Å². The summed E-state index contributed by atoms with van der Waals surface area (Å²) in [6, 6.07) is 0.